The van der Waals surface area contributed by atoms with Crippen molar-refractivity contribution in [3.63, 3.8) is 0 Å². The van der Waals surface area contributed by atoms with Crippen molar-refractivity contribution < 1.29 is 5.11 Å². The molecular formula is C16H32N2O. The summed E-state index contributed by atoms with van der Waals surface area (Å²) >= 11 is 0. The molecule has 2 aliphatic rings. The third kappa shape index (κ3) is 3.71. The van der Waals surface area contributed by atoms with Crippen molar-refractivity contribution in [1.82, 2.24) is 10.2 Å². The largest absolute Gasteiger partial charge is 0.389 e. The molecule has 19 heavy (non-hydrogen) atoms. The van der Waals surface area contributed by atoms with E-state index in [-0.39, 0.29) is 0 Å². The monoisotopic (exact) mass is 268 g/mol. The van der Waals surface area contributed by atoms with Crippen molar-refractivity contribution in [1.29, 1.82) is 0 Å². The van der Waals surface area contributed by atoms with Gasteiger partial charge in [0, 0.05) is 24.7 Å². The van der Waals surface area contributed by atoms with Gasteiger partial charge in [0.05, 0.1) is 5.60 Å². The predicted octanol–water partition coefficient (Wildman–Crippen LogP) is 2.39. The van der Waals surface area contributed by atoms with Gasteiger partial charge in [-0.15, -0.1) is 0 Å². The average Bonchev–Trinajstić information content (AvgIpc) is 2.67. The highest BCUT2D eigenvalue weighted by Crippen LogP contribution is 2.31. The van der Waals surface area contributed by atoms with E-state index >= 15 is 0 Å². The van der Waals surface area contributed by atoms with E-state index in [1.807, 2.05) is 6.92 Å². The molecule has 0 spiro atoms. The second-order valence-corrected chi connectivity index (χ2v) is 7.25. The molecule has 2 N–H and O–H groups in total. The van der Waals surface area contributed by atoms with E-state index in [0.717, 1.165) is 25.2 Å². The molecule has 2 bridgehead atoms. The van der Waals surface area contributed by atoms with E-state index in [9.17, 15) is 5.11 Å². The van der Waals surface area contributed by atoms with Crippen LogP contribution in [0.1, 0.15) is 59.8 Å². The van der Waals surface area contributed by atoms with Crippen LogP contribution in [0.3, 0.4) is 0 Å². The van der Waals surface area contributed by atoms with Gasteiger partial charge in [0.2, 0.25) is 0 Å². The van der Waals surface area contributed by atoms with Gasteiger partial charge in [0.1, 0.15) is 0 Å². The molecule has 3 heteroatoms. The zero-order chi connectivity index (χ0) is 14.0. The normalized spacial score (nSPS) is 33.9. The molecule has 0 radical (unpaired) electrons. The van der Waals surface area contributed by atoms with E-state index in [1.54, 1.807) is 0 Å². The Hall–Kier alpha value is -0.120. The first kappa shape index (κ1) is 15.3. The Morgan fingerprint density at radius 1 is 1.26 bits per heavy atom. The van der Waals surface area contributed by atoms with Gasteiger partial charge in [-0.05, 0) is 51.5 Å². The second-order valence-electron chi connectivity index (χ2n) is 7.25. The SMILES string of the molecule is CCCN(CC(C)(O)C(C)C)C1CC2CCC(C1)N2. The lowest BCUT2D eigenvalue weighted by Gasteiger charge is -2.42. The molecule has 2 saturated heterocycles. The van der Waals surface area contributed by atoms with Gasteiger partial charge in [0.25, 0.3) is 0 Å². The summed E-state index contributed by atoms with van der Waals surface area (Å²) in [5.41, 5.74) is -0.570. The number of fused-ring (bicyclic) bond motifs is 2. The average molecular weight is 268 g/mol. The Morgan fingerprint density at radius 2 is 1.84 bits per heavy atom. The zero-order valence-corrected chi connectivity index (χ0v) is 13.2. The minimum absolute atomic E-state index is 0.310. The van der Waals surface area contributed by atoms with Crippen molar-refractivity contribution >= 4 is 0 Å². The molecule has 112 valence electrons. The number of nitrogens with zero attached hydrogens (tertiary/aromatic N) is 1. The van der Waals surface area contributed by atoms with E-state index in [1.165, 1.54) is 32.1 Å². The standard InChI is InChI=1S/C16H32N2O/c1-5-8-18(11-16(4,19)12(2)3)15-9-13-6-7-14(10-15)17-13/h12-15,17,19H,5-11H2,1-4H3. The summed E-state index contributed by atoms with van der Waals surface area (Å²) in [6.45, 7) is 10.4. The molecule has 2 aliphatic heterocycles. The number of aliphatic hydroxyl groups is 1. The van der Waals surface area contributed by atoms with Crippen molar-refractivity contribution in [3.05, 3.63) is 0 Å². The smallest absolute Gasteiger partial charge is 0.0768 e. The van der Waals surface area contributed by atoms with Crippen LogP contribution in [-0.4, -0.2) is 46.8 Å². The minimum atomic E-state index is -0.570. The first-order valence-electron chi connectivity index (χ1n) is 8.15. The van der Waals surface area contributed by atoms with Crippen LogP contribution in [-0.2, 0) is 0 Å². The van der Waals surface area contributed by atoms with Gasteiger partial charge < -0.3 is 10.4 Å². The Labute approximate surface area is 118 Å². The fraction of sp³-hybridized carbons (Fsp3) is 1.00. The molecule has 2 fully saturated rings. The zero-order valence-electron chi connectivity index (χ0n) is 13.2. The van der Waals surface area contributed by atoms with Gasteiger partial charge >= 0.3 is 0 Å². The third-order valence-corrected chi connectivity index (χ3v) is 5.24. The van der Waals surface area contributed by atoms with Gasteiger partial charge in [-0.2, -0.15) is 0 Å². The Morgan fingerprint density at radius 3 is 2.32 bits per heavy atom. The van der Waals surface area contributed by atoms with Gasteiger partial charge in [-0.3, -0.25) is 4.90 Å². The summed E-state index contributed by atoms with van der Waals surface area (Å²) in [5, 5.41) is 14.3. The van der Waals surface area contributed by atoms with Crippen LogP contribution in [0.5, 0.6) is 0 Å². The molecule has 3 nitrogen and oxygen atoms in total. The molecule has 3 atom stereocenters. The van der Waals surface area contributed by atoms with Crippen LogP contribution in [0.4, 0.5) is 0 Å². The van der Waals surface area contributed by atoms with E-state index < -0.39 is 5.60 Å². The maximum absolute atomic E-state index is 10.6. The highest BCUT2D eigenvalue weighted by Gasteiger charge is 2.38. The number of nitrogens with one attached hydrogen (secondary N) is 1. The molecule has 0 aromatic carbocycles. The molecule has 0 saturated carbocycles. The first-order valence-corrected chi connectivity index (χ1v) is 8.15. The third-order valence-electron chi connectivity index (χ3n) is 5.24. The highest BCUT2D eigenvalue weighted by atomic mass is 16.3. The lowest BCUT2D eigenvalue weighted by Crippen LogP contribution is -2.53. The fourth-order valence-electron chi connectivity index (χ4n) is 3.60. The number of hydrogen-bond acceptors (Lipinski definition) is 3. The molecule has 3 unspecified atom stereocenters. The van der Waals surface area contributed by atoms with Crippen LogP contribution >= 0.6 is 0 Å². The first-order chi connectivity index (χ1) is 8.92. The van der Waals surface area contributed by atoms with Gasteiger partial charge in [-0.25, -0.2) is 0 Å². The Balaban J connectivity index is 1.99. The molecule has 2 rings (SSSR count). The molecule has 0 aromatic heterocycles. The Bertz CT molecular complexity index is 278. The van der Waals surface area contributed by atoms with Crippen molar-refractivity contribution in [2.75, 3.05) is 13.1 Å². The van der Waals surface area contributed by atoms with Gasteiger partial charge in [0.15, 0.2) is 0 Å². The topological polar surface area (TPSA) is 35.5 Å². The number of hydrogen-bond donors (Lipinski definition) is 2. The quantitative estimate of drug-likeness (QED) is 0.776. The van der Waals surface area contributed by atoms with Gasteiger partial charge in [-0.1, -0.05) is 20.8 Å². The lowest BCUT2D eigenvalue weighted by molar-refractivity contribution is -0.0345. The molecule has 0 amide bonds. The fourth-order valence-corrected chi connectivity index (χ4v) is 3.60. The van der Waals surface area contributed by atoms with Crippen molar-refractivity contribution in [3.8, 4) is 0 Å². The summed E-state index contributed by atoms with van der Waals surface area (Å²) in [6.07, 6.45) is 6.41. The van der Waals surface area contributed by atoms with Crippen LogP contribution in [0, 0.1) is 5.92 Å². The van der Waals surface area contributed by atoms with E-state index in [4.69, 9.17) is 0 Å². The molecule has 0 aliphatic carbocycles. The second kappa shape index (κ2) is 6.11. The minimum Gasteiger partial charge on any atom is -0.389 e. The van der Waals surface area contributed by atoms with E-state index in [0.29, 0.717) is 12.0 Å². The summed E-state index contributed by atoms with van der Waals surface area (Å²) < 4.78 is 0. The maximum Gasteiger partial charge on any atom is 0.0768 e. The number of rotatable bonds is 6. The van der Waals surface area contributed by atoms with Crippen molar-refractivity contribution in [2.45, 2.75) is 83.5 Å². The van der Waals surface area contributed by atoms with Crippen LogP contribution < -0.4 is 5.32 Å². The van der Waals surface area contributed by atoms with Crippen LogP contribution in [0.15, 0.2) is 0 Å². The molecule has 0 aromatic rings. The maximum atomic E-state index is 10.6. The molecular weight excluding hydrogens is 236 g/mol. The van der Waals surface area contributed by atoms with Crippen molar-refractivity contribution in [2.24, 2.45) is 5.92 Å². The lowest BCUT2D eigenvalue weighted by atomic mass is 9.89. The summed E-state index contributed by atoms with van der Waals surface area (Å²) in [6, 6.07) is 2.13. The summed E-state index contributed by atoms with van der Waals surface area (Å²) in [7, 11) is 0. The Kier molecular flexibility index (Phi) is 4.91. The summed E-state index contributed by atoms with van der Waals surface area (Å²) in [5.74, 6) is 0.310. The molecule has 2 heterocycles. The van der Waals surface area contributed by atoms with Crippen LogP contribution in [0.25, 0.3) is 0 Å². The highest BCUT2D eigenvalue weighted by molar-refractivity contribution is 4.97. The summed E-state index contributed by atoms with van der Waals surface area (Å²) in [4.78, 5) is 2.56. The van der Waals surface area contributed by atoms with Crippen LogP contribution in [0.2, 0.25) is 0 Å². The van der Waals surface area contributed by atoms with E-state index in [2.05, 4.69) is 31.0 Å². The predicted molar refractivity (Wildman–Crippen MR) is 80.3 cm³/mol. The number of piperidine rings is 1.